The Labute approximate surface area is 125 Å². The van der Waals surface area contributed by atoms with Crippen LogP contribution in [0.4, 0.5) is 5.13 Å². The van der Waals surface area contributed by atoms with Gasteiger partial charge in [0.15, 0.2) is 5.13 Å². The zero-order chi connectivity index (χ0) is 13.7. The van der Waals surface area contributed by atoms with E-state index in [0.29, 0.717) is 17.6 Å². The number of halogens is 1. The molecule has 0 aliphatic heterocycles. The number of aromatic nitrogens is 3. The third kappa shape index (κ3) is 1.98. The van der Waals surface area contributed by atoms with Gasteiger partial charge < -0.3 is 10.3 Å². The summed E-state index contributed by atoms with van der Waals surface area (Å²) >= 11 is 7.83. The van der Waals surface area contributed by atoms with Crippen LogP contribution in [0.15, 0.2) is 23.6 Å². The van der Waals surface area contributed by atoms with Gasteiger partial charge in [-0.1, -0.05) is 17.7 Å². The number of nitrogens with two attached hydrogens (primary N) is 1. The van der Waals surface area contributed by atoms with E-state index in [-0.39, 0.29) is 0 Å². The van der Waals surface area contributed by atoms with Crippen molar-refractivity contribution >= 4 is 39.1 Å². The fourth-order valence-corrected chi connectivity index (χ4v) is 3.39. The third-order valence-electron chi connectivity index (χ3n) is 3.55. The third-order valence-corrected chi connectivity index (χ3v) is 4.58. The smallest absolute Gasteiger partial charge is 0.180 e. The van der Waals surface area contributed by atoms with Crippen LogP contribution in [0.2, 0.25) is 5.02 Å². The van der Waals surface area contributed by atoms with Crippen LogP contribution < -0.4 is 5.73 Å². The van der Waals surface area contributed by atoms with E-state index in [0.717, 1.165) is 27.6 Å². The van der Waals surface area contributed by atoms with Gasteiger partial charge in [0, 0.05) is 17.8 Å². The molecule has 2 N–H and O–H groups in total. The predicted molar refractivity (Wildman–Crippen MR) is 82.3 cm³/mol. The predicted octanol–water partition coefficient (Wildman–Crippen LogP) is 3.65. The lowest BCUT2D eigenvalue weighted by Gasteiger charge is -2.07. The van der Waals surface area contributed by atoms with Gasteiger partial charge >= 0.3 is 0 Å². The molecule has 20 heavy (non-hydrogen) atoms. The first-order chi connectivity index (χ1) is 9.72. The van der Waals surface area contributed by atoms with E-state index < -0.39 is 0 Å². The van der Waals surface area contributed by atoms with Gasteiger partial charge in [-0.25, -0.2) is 9.97 Å². The number of imidazole rings is 1. The van der Waals surface area contributed by atoms with E-state index in [1.54, 1.807) is 0 Å². The second-order valence-electron chi connectivity index (χ2n) is 5.09. The number of rotatable bonds is 3. The van der Waals surface area contributed by atoms with Crippen molar-refractivity contribution in [3.05, 3.63) is 40.1 Å². The van der Waals surface area contributed by atoms with E-state index in [4.69, 9.17) is 22.3 Å². The molecule has 2 aromatic heterocycles. The van der Waals surface area contributed by atoms with Crippen LogP contribution >= 0.6 is 22.9 Å². The highest BCUT2D eigenvalue weighted by atomic mass is 35.5. The first-order valence-corrected chi connectivity index (χ1v) is 7.83. The summed E-state index contributed by atoms with van der Waals surface area (Å²) < 4.78 is 2.28. The monoisotopic (exact) mass is 304 g/mol. The van der Waals surface area contributed by atoms with E-state index in [9.17, 15) is 0 Å². The molecule has 102 valence electrons. The highest BCUT2D eigenvalue weighted by molar-refractivity contribution is 7.13. The van der Waals surface area contributed by atoms with Crippen LogP contribution in [0.3, 0.4) is 0 Å². The molecule has 1 fully saturated rings. The van der Waals surface area contributed by atoms with Crippen molar-refractivity contribution in [2.24, 2.45) is 0 Å². The summed E-state index contributed by atoms with van der Waals surface area (Å²) in [5.74, 6) is 1.03. The number of hydrogen-bond donors (Lipinski definition) is 1. The highest BCUT2D eigenvalue weighted by Crippen LogP contribution is 2.40. The number of nitrogens with zero attached hydrogens (tertiary/aromatic N) is 3. The van der Waals surface area contributed by atoms with Crippen molar-refractivity contribution in [1.82, 2.24) is 14.5 Å². The molecule has 1 saturated carbocycles. The van der Waals surface area contributed by atoms with Crippen molar-refractivity contribution < 1.29 is 0 Å². The Balaban J connectivity index is 1.86. The Morgan fingerprint density at radius 3 is 2.90 bits per heavy atom. The Bertz CT molecular complexity index is 788. The second-order valence-corrected chi connectivity index (χ2v) is 6.39. The SMILES string of the molecule is Nc1nc(Cc2nc3cccc(Cl)c3n2C2CC2)cs1. The number of thiazole rings is 1. The standard InChI is InChI=1S/C14H13ClN4S/c15-10-2-1-3-11-13(10)19(9-4-5-9)12(18-11)6-8-7-20-14(16)17-8/h1-3,7,9H,4-6H2,(H2,16,17). The maximum atomic E-state index is 6.36. The van der Waals surface area contributed by atoms with E-state index >= 15 is 0 Å². The summed E-state index contributed by atoms with van der Waals surface area (Å²) in [6, 6.07) is 6.42. The lowest BCUT2D eigenvalue weighted by Crippen LogP contribution is -2.03. The number of hydrogen-bond acceptors (Lipinski definition) is 4. The van der Waals surface area contributed by atoms with Gasteiger partial charge in [0.05, 0.1) is 21.7 Å². The van der Waals surface area contributed by atoms with Gasteiger partial charge in [0.25, 0.3) is 0 Å². The highest BCUT2D eigenvalue weighted by Gasteiger charge is 2.29. The zero-order valence-corrected chi connectivity index (χ0v) is 12.3. The molecule has 6 heteroatoms. The maximum absolute atomic E-state index is 6.36. The summed E-state index contributed by atoms with van der Waals surface area (Å²) in [4.78, 5) is 9.07. The van der Waals surface area contributed by atoms with Crippen molar-refractivity contribution in [1.29, 1.82) is 0 Å². The lowest BCUT2D eigenvalue weighted by atomic mass is 10.3. The van der Waals surface area contributed by atoms with Gasteiger partial charge in [0.1, 0.15) is 5.82 Å². The van der Waals surface area contributed by atoms with Gasteiger partial charge in [-0.2, -0.15) is 0 Å². The molecule has 4 rings (SSSR count). The van der Waals surface area contributed by atoms with Gasteiger partial charge in [-0.15, -0.1) is 11.3 Å². The maximum Gasteiger partial charge on any atom is 0.180 e. The second kappa shape index (κ2) is 4.46. The van der Waals surface area contributed by atoms with E-state index in [1.807, 2.05) is 23.6 Å². The molecule has 0 unspecified atom stereocenters. The molecule has 1 aliphatic carbocycles. The summed E-state index contributed by atoms with van der Waals surface area (Å²) in [6.07, 6.45) is 3.10. The van der Waals surface area contributed by atoms with Crippen molar-refractivity contribution in [3.63, 3.8) is 0 Å². The van der Waals surface area contributed by atoms with E-state index in [2.05, 4.69) is 9.55 Å². The molecule has 4 nitrogen and oxygen atoms in total. The van der Waals surface area contributed by atoms with Crippen LogP contribution in [0, 0.1) is 0 Å². The summed E-state index contributed by atoms with van der Waals surface area (Å²) in [6.45, 7) is 0. The summed E-state index contributed by atoms with van der Waals surface area (Å²) in [7, 11) is 0. The number of benzene rings is 1. The number of para-hydroxylation sites is 1. The van der Waals surface area contributed by atoms with Gasteiger partial charge in [-0.3, -0.25) is 0 Å². The van der Waals surface area contributed by atoms with E-state index in [1.165, 1.54) is 24.2 Å². The van der Waals surface area contributed by atoms with Crippen LogP contribution in [-0.4, -0.2) is 14.5 Å². The minimum absolute atomic E-state index is 0.533. The molecule has 2 heterocycles. The lowest BCUT2D eigenvalue weighted by molar-refractivity contribution is 0.713. The molecular formula is C14H13ClN4S. The molecule has 0 radical (unpaired) electrons. The van der Waals surface area contributed by atoms with Gasteiger partial charge in [-0.05, 0) is 25.0 Å². The van der Waals surface area contributed by atoms with Gasteiger partial charge in [0.2, 0.25) is 0 Å². The minimum atomic E-state index is 0.533. The Hall–Kier alpha value is -1.59. The number of nitrogen functional groups attached to an aromatic ring is 1. The number of anilines is 1. The minimum Gasteiger partial charge on any atom is -0.375 e. The average Bonchev–Trinajstić information content (AvgIpc) is 3.07. The van der Waals surface area contributed by atoms with Crippen LogP contribution in [-0.2, 0) is 6.42 Å². The van der Waals surface area contributed by atoms with Crippen molar-refractivity contribution in [3.8, 4) is 0 Å². The first kappa shape index (κ1) is 12.2. The molecule has 0 amide bonds. The van der Waals surface area contributed by atoms with Crippen LogP contribution in [0.1, 0.15) is 30.4 Å². The topological polar surface area (TPSA) is 56.7 Å². The van der Waals surface area contributed by atoms with Crippen molar-refractivity contribution in [2.75, 3.05) is 5.73 Å². The molecule has 1 aliphatic rings. The first-order valence-electron chi connectivity index (χ1n) is 6.57. The quantitative estimate of drug-likeness (QED) is 0.803. The molecule has 0 bridgehead atoms. The summed E-state index contributed by atoms with van der Waals surface area (Å²) in [5, 5.41) is 3.37. The Morgan fingerprint density at radius 1 is 1.35 bits per heavy atom. The Morgan fingerprint density at radius 2 is 2.20 bits per heavy atom. The molecule has 3 aromatic rings. The molecule has 0 atom stereocenters. The molecule has 1 aromatic carbocycles. The summed E-state index contributed by atoms with van der Waals surface area (Å²) in [5.41, 5.74) is 8.69. The number of fused-ring (bicyclic) bond motifs is 1. The largest absolute Gasteiger partial charge is 0.375 e. The fraction of sp³-hybridized carbons (Fsp3) is 0.286. The average molecular weight is 305 g/mol. The molecule has 0 spiro atoms. The molecule has 0 saturated heterocycles. The normalized spacial score (nSPS) is 15.1. The van der Waals surface area contributed by atoms with Crippen molar-refractivity contribution in [2.45, 2.75) is 25.3 Å². The Kier molecular flexibility index (Phi) is 2.72. The zero-order valence-electron chi connectivity index (χ0n) is 10.7. The fourth-order valence-electron chi connectivity index (χ4n) is 2.57. The molecular weight excluding hydrogens is 292 g/mol. The van der Waals surface area contributed by atoms with Crippen LogP contribution in [0.5, 0.6) is 0 Å². The van der Waals surface area contributed by atoms with Crippen LogP contribution in [0.25, 0.3) is 11.0 Å².